The highest BCUT2D eigenvalue weighted by Crippen LogP contribution is 2.31. The summed E-state index contributed by atoms with van der Waals surface area (Å²) >= 11 is 1.56. The molecule has 0 saturated heterocycles. The molecule has 3 rings (SSSR count). The molecule has 1 N–H and O–H groups in total. The molecule has 0 radical (unpaired) electrons. The van der Waals surface area contributed by atoms with Crippen LogP contribution in [0.3, 0.4) is 0 Å². The van der Waals surface area contributed by atoms with Crippen molar-refractivity contribution < 1.29 is 5.11 Å². The molecule has 4 nitrogen and oxygen atoms in total. The Bertz CT molecular complexity index is 730. The largest absolute Gasteiger partial charge is 0.508 e. The van der Waals surface area contributed by atoms with Crippen LogP contribution in [-0.2, 0) is 7.05 Å². The van der Waals surface area contributed by atoms with Gasteiger partial charge in [-0.1, -0.05) is 12.1 Å². The van der Waals surface area contributed by atoms with Crippen molar-refractivity contribution in [1.29, 1.82) is 0 Å². The van der Waals surface area contributed by atoms with Gasteiger partial charge >= 0.3 is 0 Å². The van der Waals surface area contributed by atoms with E-state index in [4.69, 9.17) is 0 Å². The number of rotatable bonds is 2. The topological polar surface area (TPSA) is 50.9 Å². The number of phenolic OH excluding ortho intramolecular Hbond substituents is 1. The molecule has 1 aromatic carbocycles. The fraction of sp³-hybridized carbons (Fsp3) is 0.143. The van der Waals surface area contributed by atoms with E-state index < -0.39 is 0 Å². The van der Waals surface area contributed by atoms with Crippen molar-refractivity contribution in [1.82, 2.24) is 14.8 Å². The number of aryl methyl sites for hydroxylation is 2. The van der Waals surface area contributed by atoms with E-state index in [-0.39, 0.29) is 5.75 Å². The summed E-state index contributed by atoms with van der Waals surface area (Å²) in [6, 6.07) is 7.14. The lowest BCUT2D eigenvalue weighted by Gasteiger charge is -1.96. The Kier molecular flexibility index (Phi) is 2.83. The van der Waals surface area contributed by atoms with Gasteiger partial charge in [-0.05, 0) is 19.1 Å². The van der Waals surface area contributed by atoms with Gasteiger partial charge in [0.05, 0.1) is 11.4 Å². The van der Waals surface area contributed by atoms with Gasteiger partial charge in [-0.3, -0.25) is 4.68 Å². The summed E-state index contributed by atoms with van der Waals surface area (Å²) in [5.74, 6) is 0.256. The highest BCUT2D eigenvalue weighted by molar-refractivity contribution is 7.13. The third-order valence-corrected chi connectivity index (χ3v) is 3.78. The van der Waals surface area contributed by atoms with Crippen LogP contribution >= 0.6 is 11.3 Å². The molecule has 0 atom stereocenters. The van der Waals surface area contributed by atoms with Gasteiger partial charge in [0.15, 0.2) is 0 Å². The van der Waals surface area contributed by atoms with Gasteiger partial charge in [-0.2, -0.15) is 5.10 Å². The van der Waals surface area contributed by atoms with E-state index in [1.54, 1.807) is 28.2 Å². The van der Waals surface area contributed by atoms with E-state index in [0.717, 1.165) is 27.5 Å². The maximum Gasteiger partial charge on any atom is 0.124 e. The molecule has 0 fully saturated rings. The van der Waals surface area contributed by atoms with Gasteiger partial charge in [-0.25, -0.2) is 4.98 Å². The monoisotopic (exact) mass is 271 g/mol. The summed E-state index contributed by atoms with van der Waals surface area (Å²) in [4.78, 5) is 4.62. The molecule has 0 spiro atoms. The second-order valence-electron chi connectivity index (χ2n) is 4.39. The Morgan fingerprint density at radius 2 is 2.16 bits per heavy atom. The second kappa shape index (κ2) is 4.51. The Balaban J connectivity index is 2.02. The normalized spacial score (nSPS) is 10.8. The van der Waals surface area contributed by atoms with Crippen LogP contribution in [-0.4, -0.2) is 19.9 Å². The van der Waals surface area contributed by atoms with Gasteiger partial charge in [-0.15, -0.1) is 11.3 Å². The van der Waals surface area contributed by atoms with Crippen molar-refractivity contribution in [3.8, 4) is 27.6 Å². The molecule has 3 aromatic rings. The van der Waals surface area contributed by atoms with E-state index in [1.807, 2.05) is 37.7 Å². The summed E-state index contributed by atoms with van der Waals surface area (Å²) < 4.78 is 1.79. The predicted molar refractivity (Wildman–Crippen MR) is 76.2 cm³/mol. The first kappa shape index (κ1) is 11.9. The molecular formula is C14H13N3OS. The van der Waals surface area contributed by atoms with E-state index in [0.29, 0.717) is 0 Å². The summed E-state index contributed by atoms with van der Waals surface area (Å²) in [5.41, 5.74) is 3.87. The van der Waals surface area contributed by atoms with Gasteiger partial charge in [0.1, 0.15) is 10.8 Å². The first-order chi connectivity index (χ1) is 9.13. The molecule has 96 valence electrons. The molecule has 0 aliphatic heterocycles. The summed E-state index contributed by atoms with van der Waals surface area (Å²) in [5, 5.41) is 16.7. The van der Waals surface area contributed by atoms with Crippen LogP contribution in [0.1, 0.15) is 5.69 Å². The van der Waals surface area contributed by atoms with E-state index in [2.05, 4.69) is 10.1 Å². The Hall–Kier alpha value is -2.14. The smallest absolute Gasteiger partial charge is 0.124 e. The van der Waals surface area contributed by atoms with Crippen LogP contribution in [0.25, 0.3) is 21.8 Å². The fourth-order valence-electron chi connectivity index (χ4n) is 2.02. The van der Waals surface area contributed by atoms with E-state index in [9.17, 15) is 5.11 Å². The standard InChI is InChI=1S/C14H13N3OS/c1-9-12(7-17(2)16-9)13-8-19-14(15-13)10-4-3-5-11(18)6-10/h3-8,18H,1-2H3. The van der Waals surface area contributed by atoms with Crippen LogP contribution in [0.2, 0.25) is 0 Å². The van der Waals surface area contributed by atoms with E-state index in [1.165, 1.54) is 0 Å². The lowest BCUT2D eigenvalue weighted by atomic mass is 10.2. The Labute approximate surface area is 115 Å². The molecule has 0 unspecified atom stereocenters. The third kappa shape index (κ3) is 2.24. The molecule has 0 amide bonds. The van der Waals surface area contributed by atoms with Crippen molar-refractivity contribution in [2.45, 2.75) is 6.92 Å². The van der Waals surface area contributed by atoms with Crippen LogP contribution in [0, 0.1) is 6.92 Å². The molecule has 2 heterocycles. The number of nitrogens with zero attached hydrogens (tertiary/aromatic N) is 3. The molecule has 0 saturated carbocycles. The lowest BCUT2D eigenvalue weighted by Crippen LogP contribution is -1.86. The zero-order chi connectivity index (χ0) is 13.4. The Morgan fingerprint density at radius 1 is 1.32 bits per heavy atom. The van der Waals surface area contributed by atoms with Gasteiger partial charge < -0.3 is 5.11 Å². The van der Waals surface area contributed by atoms with Crippen LogP contribution in [0.4, 0.5) is 0 Å². The van der Waals surface area contributed by atoms with Crippen molar-refractivity contribution >= 4 is 11.3 Å². The molecule has 0 aliphatic carbocycles. The van der Waals surface area contributed by atoms with Crippen molar-refractivity contribution in [2.75, 3.05) is 0 Å². The molecule has 0 aliphatic rings. The average Bonchev–Trinajstić information content (AvgIpc) is 2.96. The van der Waals surface area contributed by atoms with Gasteiger partial charge in [0.25, 0.3) is 0 Å². The molecule has 0 bridgehead atoms. The first-order valence-electron chi connectivity index (χ1n) is 5.89. The lowest BCUT2D eigenvalue weighted by molar-refractivity contribution is 0.475. The minimum Gasteiger partial charge on any atom is -0.508 e. The number of hydrogen-bond donors (Lipinski definition) is 1. The van der Waals surface area contributed by atoms with Gasteiger partial charge in [0, 0.05) is 29.8 Å². The highest BCUT2D eigenvalue weighted by atomic mass is 32.1. The molecule has 5 heteroatoms. The molecule has 2 aromatic heterocycles. The number of phenols is 1. The van der Waals surface area contributed by atoms with E-state index >= 15 is 0 Å². The number of benzene rings is 1. The van der Waals surface area contributed by atoms with Crippen molar-refractivity contribution in [2.24, 2.45) is 7.05 Å². The SMILES string of the molecule is Cc1nn(C)cc1-c1csc(-c2cccc(O)c2)n1. The van der Waals surface area contributed by atoms with Gasteiger partial charge in [0.2, 0.25) is 0 Å². The van der Waals surface area contributed by atoms with Crippen LogP contribution < -0.4 is 0 Å². The van der Waals surface area contributed by atoms with Crippen LogP contribution in [0.15, 0.2) is 35.8 Å². The van der Waals surface area contributed by atoms with Crippen molar-refractivity contribution in [3.63, 3.8) is 0 Å². The number of thiazole rings is 1. The second-order valence-corrected chi connectivity index (χ2v) is 5.25. The fourth-order valence-corrected chi connectivity index (χ4v) is 2.84. The highest BCUT2D eigenvalue weighted by Gasteiger charge is 2.11. The van der Waals surface area contributed by atoms with Crippen molar-refractivity contribution in [3.05, 3.63) is 41.5 Å². The molecule has 19 heavy (non-hydrogen) atoms. The summed E-state index contributed by atoms with van der Waals surface area (Å²) in [7, 11) is 1.90. The number of aromatic hydroxyl groups is 1. The summed E-state index contributed by atoms with van der Waals surface area (Å²) in [6.07, 6.45) is 1.97. The third-order valence-electron chi connectivity index (χ3n) is 2.89. The quantitative estimate of drug-likeness (QED) is 0.778. The minimum absolute atomic E-state index is 0.256. The summed E-state index contributed by atoms with van der Waals surface area (Å²) in [6.45, 7) is 1.97. The Morgan fingerprint density at radius 3 is 2.84 bits per heavy atom. The van der Waals surface area contributed by atoms with Crippen LogP contribution in [0.5, 0.6) is 5.75 Å². The zero-order valence-corrected chi connectivity index (χ0v) is 11.5. The first-order valence-corrected chi connectivity index (χ1v) is 6.77. The zero-order valence-electron chi connectivity index (χ0n) is 10.7. The number of hydrogen-bond acceptors (Lipinski definition) is 4. The predicted octanol–water partition coefficient (Wildman–Crippen LogP) is 3.22. The average molecular weight is 271 g/mol. The maximum absolute atomic E-state index is 9.51. The number of aromatic nitrogens is 3. The molecular weight excluding hydrogens is 258 g/mol. The maximum atomic E-state index is 9.51. The minimum atomic E-state index is 0.256.